The fourth-order valence-electron chi connectivity index (χ4n) is 3.95. The Bertz CT molecular complexity index is 1450. The Morgan fingerprint density at radius 3 is 2.44 bits per heavy atom. The number of ether oxygens (including phenoxy) is 1. The van der Waals surface area contributed by atoms with E-state index in [1.807, 2.05) is 18.4 Å². The molecule has 0 spiro atoms. The molecule has 0 amide bonds. The number of aromatic nitrogens is 5. The van der Waals surface area contributed by atoms with Gasteiger partial charge in [-0.15, -0.1) is 0 Å². The summed E-state index contributed by atoms with van der Waals surface area (Å²) in [7, 11) is 1.58. The van der Waals surface area contributed by atoms with E-state index in [-0.39, 0.29) is 18.8 Å². The van der Waals surface area contributed by atoms with Gasteiger partial charge in [0.05, 0.1) is 12.2 Å². The van der Waals surface area contributed by atoms with Crippen molar-refractivity contribution in [1.29, 1.82) is 0 Å². The van der Waals surface area contributed by atoms with Crippen molar-refractivity contribution in [3.05, 3.63) is 62.1 Å². The topological polar surface area (TPSA) is 113 Å². The van der Waals surface area contributed by atoms with Gasteiger partial charge >= 0.3 is 11.7 Å². The number of aliphatic hydroxyl groups is 1. The standard InChI is InChI=1S/C22H25N5O5/c1-5-32-20(30)15-7-9-16(10-8-15)26-13(2)14(3)27-17-18(23-21(26)27)24(4)22(31)25(19(17)29)11-6-12-28/h7-10,28H,5-6,11-12H2,1-4H3. The number of nitrogens with zero attached hydrogens (tertiary/aromatic N) is 5. The SMILES string of the molecule is CCOC(=O)c1ccc(-n2c(C)c(C)n3c4c(=O)n(CCCO)c(=O)n(C)c4nc23)cc1. The van der Waals surface area contributed by atoms with Crippen LogP contribution in [0.2, 0.25) is 0 Å². The lowest BCUT2D eigenvalue weighted by Crippen LogP contribution is -2.39. The Labute approximate surface area is 182 Å². The lowest BCUT2D eigenvalue weighted by molar-refractivity contribution is 0.0526. The lowest BCUT2D eigenvalue weighted by atomic mass is 10.2. The fourth-order valence-corrected chi connectivity index (χ4v) is 3.95. The number of aryl methyl sites for hydroxylation is 2. The van der Waals surface area contributed by atoms with Gasteiger partial charge in [0.2, 0.25) is 5.78 Å². The van der Waals surface area contributed by atoms with Crippen LogP contribution in [0.5, 0.6) is 0 Å². The van der Waals surface area contributed by atoms with Gasteiger partial charge < -0.3 is 9.84 Å². The van der Waals surface area contributed by atoms with E-state index in [4.69, 9.17) is 9.84 Å². The van der Waals surface area contributed by atoms with Crippen LogP contribution in [-0.2, 0) is 18.3 Å². The molecule has 3 heterocycles. The second-order valence-electron chi connectivity index (χ2n) is 7.57. The van der Waals surface area contributed by atoms with Crippen LogP contribution in [0.1, 0.15) is 35.1 Å². The van der Waals surface area contributed by atoms with Gasteiger partial charge in [-0.25, -0.2) is 9.59 Å². The minimum Gasteiger partial charge on any atom is -0.462 e. The summed E-state index contributed by atoms with van der Waals surface area (Å²) in [6, 6.07) is 6.94. The molecule has 4 aromatic rings. The van der Waals surface area contributed by atoms with E-state index in [0.29, 0.717) is 29.9 Å². The van der Waals surface area contributed by atoms with Gasteiger partial charge in [0.15, 0.2) is 11.2 Å². The highest BCUT2D eigenvalue weighted by atomic mass is 16.5. The Morgan fingerprint density at radius 1 is 1.12 bits per heavy atom. The fraction of sp³-hybridized carbons (Fsp3) is 0.364. The largest absolute Gasteiger partial charge is 0.462 e. The van der Waals surface area contributed by atoms with Crippen LogP contribution in [0, 0.1) is 13.8 Å². The minimum atomic E-state index is -0.476. The number of hydrogen-bond donors (Lipinski definition) is 1. The van der Waals surface area contributed by atoms with Crippen LogP contribution in [0.3, 0.4) is 0 Å². The smallest absolute Gasteiger partial charge is 0.338 e. The summed E-state index contributed by atoms with van der Waals surface area (Å²) < 4.78 is 11.2. The summed E-state index contributed by atoms with van der Waals surface area (Å²) in [5, 5.41) is 9.14. The van der Waals surface area contributed by atoms with Crippen molar-refractivity contribution in [2.45, 2.75) is 33.7 Å². The molecule has 10 nitrogen and oxygen atoms in total. The molecule has 0 atom stereocenters. The number of hydrogen-bond acceptors (Lipinski definition) is 6. The predicted molar refractivity (Wildman–Crippen MR) is 119 cm³/mol. The average molecular weight is 439 g/mol. The summed E-state index contributed by atoms with van der Waals surface area (Å²) in [6.07, 6.45) is 0.300. The van der Waals surface area contributed by atoms with Crippen LogP contribution >= 0.6 is 0 Å². The molecule has 0 radical (unpaired) electrons. The number of carbonyl (C=O) groups excluding carboxylic acids is 1. The van der Waals surface area contributed by atoms with Crippen LogP contribution in [0.25, 0.3) is 22.6 Å². The number of carbonyl (C=O) groups is 1. The maximum atomic E-state index is 13.2. The Kier molecular flexibility index (Phi) is 5.47. The van der Waals surface area contributed by atoms with Gasteiger partial charge in [-0.05, 0) is 51.5 Å². The molecule has 168 valence electrons. The number of benzene rings is 1. The van der Waals surface area contributed by atoms with Crippen LogP contribution in [-0.4, -0.2) is 47.4 Å². The molecular formula is C22H25N5O5. The van der Waals surface area contributed by atoms with Crippen molar-refractivity contribution < 1.29 is 14.6 Å². The highest BCUT2D eigenvalue weighted by Crippen LogP contribution is 2.24. The summed E-state index contributed by atoms with van der Waals surface area (Å²) in [6.45, 7) is 5.86. The second-order valence-corrected chi connectivity index (χ2v) is 7.57. The minimum absolute atomic E-state index is 0.119. The molecule has 3 aromatic heterocycles. The van der Waals surface area contributed by atoms with E-state index in [1.54, 1.807) is 42.6 Å². The van der Waals surface area contributed by atoms with Crippen molar-refractivity contribution >= 4 is 22.9 Å². The first-order chi connectivity index (χ1) is 15.3. The zero-order chi connectivity index (χ0) is 23.2. The van der Waals surface area contributed by atoms with E-state index in [9.17, 15) is 14.4 Å². The Balaban J connectivity index is 1.98. The number of aliphatic hydroxyl groups excluding tert-OH is 1. The molecule has 32 heavy (non-hydrogen) atoms. The highest BCUT2D eigenvalue weighted by Gasteiger charge is 2.23. The Hall–Kier alpha value is -3.66. The zero-order valence-corrected chi connectivity index (χ0v) is 18.5. The third-order valence-electron chi connectivity index (χ3n) is 5.70. The van der Waals surface area contributed by atoms with E-state index in [0.717, 1.165) is 21.6 Å². The highest BCUT2D eigenvalue weighted by molar-refractivity contribution is 5.89. The molecule has 4 rings (SSSR count). The van der Waals surface area contributed by atoms with E-state index in [1.165, 1.54) is 4.57 Å². The second kappa shape index (κ2) is 8.12. The zero-order valence-electron chi connectivity index (χ0n) is 18.5. The summed E-state index contributed by atoms with van der Waals surface area (Å²) in [5.74, 6) is 0.0977. The molecule has 1 aromatic carbocycles. The maximum absolute atomic E-state index is 13.2. The maximum Gasteiger partial charge on any atom is 0.338 e. The predicted octanol–water partition coefficient (Wildman–Crippen LogP) is 1.31. The summed E-state index contributed by atoms with van der Waals surface area (Å²) in [5.41, 5.74) is 2.55. The van der Waals surface area contributed by atoms with Gasteiger partial charge in [0.25, 0.3) is 5.56 Å². The van der Waals surface area contributed by atoms with Crippen LogP contribution < -0.4 is 11.2 Å². The summed E-state index contributed by atoms with van der Waals surface area (Å²) >= 11 is 0. The van der Waals surface area contributed by atoms with Gasteiger partial charge in [-0.2, -0.15) is 4.98 Å². The molecule has 1 N–H and O–H groups in total. The van der Waals surface area contributed by atoms with Gasteiger partial charge in [-0.3, -0.25) is 22.9 Å². The summed E-state index contributed by atoms with van der Waals surface area (Å²) in [4.78, 5) is 42.5. The van der Waals surface area contributed by atoms with Crippen molar-refractivity contribution in [3.8, 4) is 5.69 Å². The number of esters is 1. The normalized spacial score (nSPS) is 11.5. The van der Waals surface area contributed by atoms with Crippen molar-refractivity contribution in [2.24, 2.45) is 7.05 Å². The molecule has 0 aliphatic carbocycles. The van der Waals surface area contributed by atoms with Gasteiger partial charge in [0, 0.05) is 37.3 Å². The molecule has 0 saturated carbocycles. The van der Waals surface area contributed by atoms with Gasteiger partial charge in [0.1, 0.15) is 0 Å². The molecule has 10 heteroatoms. The molecule has 0 bridgehead atoms. The van der Waals surface area contributed by atoms with E-state index >= 15 is 0 Å². The van der Waals surface area contributed by atoms with Crippen LogP contribution in [0.15, 0.2) is 33.9 Å². The average Bonchev–Trinajstić information content (AvgIpc) is 3.28. The van der Waals surface area contributed by atoms with E-state index in [2.05, 4.69) is 4.98 Å². The molecule has 0 aliphatic rings. The van der Waals surface area contributed by atoms with Crippen molar-refractivity contribution in [2.75, 3.05) is 13.2 Å². The number of fused-ring (bicyclic) bond motifs is 3. The molecule has 0 unspecified atom stereocenters. The van der Waals surface area contributed by atoms with Crippen molar-refractivity contribution in [1.82, 2.24) is 23.1 Å². The first-order valence-electron chi connectivity index (χ1n) is 10.4. The molecular weight excluding hydrogens is 414 g/mol. The van der Waals surface area contributed by atoms with Crippen LogP contribution in [0.4, 0.5) is 0 Å². The first-order valence-corrected chi connectivity index (χ1v) is 10.4. The third kappa shape index (κ3) is 3.14. The van der Waals surface area contributed by atoms with E-state index < -0.39 is 17.2 Å². The molecule has 0 fully saturated rings. The lowest BCUT2D eigenvalue weighted by Gasteiger charge is -2.08. The first kappa shape index (κ1) is 21.6. The van der Waals surface area contributed by atoms with Crippen molar-refractivity contribution in [3.63, 3.8) is 0 Å². The number of imidazole rings is 2. The van der Waals surface area contributed by atoms with Gasteiger partial charge in [-0.1, -0.05) is 0 Å². The quantitative estimate of drug-likeness (QED) is 0.454. The monoisotopic (exact) mass is 439 g/mol. The molecule has 0 aliphatic heterocycles. The molecule has 0 saturated heterocycles. The Morgan fingerprint density at radius 2 is 1.81 bits per heavy atom. The number of rotatable bonds is 6. The third-order valence-corrected chi connectivity index (χ3v) is 5.70.